The first-order valence-corrected chi connectivity index (χ1v) is 6.45. The summed E-state index contributed by atoms with van der Waals surface area (Å²) in [5.41, 5.74) is 2.46. The van der Waals surface area contributed by atoms with Crippen molar-refractivity contribution in [3.05, 3.63) is 42.0 Å². The van der Waals surface area contributed by atoms with E-state index in [1.807, 2.05) is 18.3 Å². The van der Waals surface area contributed by atoms with Crippen molar-refractivity contribution in [2.45, 2.75) is 12.0 Å². The maximum atomic E-state index is 9.04. The third kappa shape index (κ3) is 2.16. The van der Waals surface area contributed by atoms with Crippen molar-refractivity contribution in [3.8, 4) is 6.07 Å². The summed E-state index contributed by atoms with van der Waals surface area (Å²) in [4.78, 5) is 7.16. The molecule has 0 saturated carbocycles. The van der Waals surface area contributed by atoms with Crippen LogP contribution >= 0.6 is 11.9 Å². The van der Waals surface area contributed by atoms with Crippen LogP contribution in [0, 0.1) is 18.3 Å². The van der Waals surface area contributed by atoms with Crippen LogP contribution in [0.4, 0.5) is 5.69 Å². The molecule has 3 rings (SSSR count). The van der Waals surface area contributed by atoms with Crippen LogP contribution in [-0.2, 0) is 0 Å². The molecule has 0 amide bonds. The second kappa shape index (κ2) is 4.71. The summed E-state index contributed by atoms with van der Waals surface area (Å²) in [6.45, 7) is 1.80. The van der Waals surface area contributed by atoms with Crippen LogP contribution in [0.2, 0.25) is 0 Å². The molecule has 94 valence electrons. The summed E-state index contributed by atoms with van der Waals surface area (Å²) in [7, 11) is 0. The molecular weight excluding hydrogens is 260 g/mol. The van der Waals surface area contributed by atoms with Crippen LogP contribution in [0.5, 0.6) is 0 Å². The predicted molar refractivity (Wildman–Crippen MR) is 73.7 cm³/mol. The predicted octanol–water partition coefficient (Wildman–Crippen LogP) is 3.46. The zero-order chi connectivity index (χ0) is 13.2. The minimum absolute atomic E-state index is 0.633. The van der Waals surface area contributed by atoms with Crippen molar-refractivity contribution in [2.24, 2.45) is 0 Å². The third-order valence-electron chi connectivity index (χ3n) is 2.71. The van der Waals surface area contributed by atoms with Crippen LogP contribution in [-0.4, -0.2) is 9.97 Å². The largest absolute Gasteiger partial charge is 0.433 e. The van der Waals surface area contributed by atoms with Crippen LogP contribution in [0.15, 0.2) is 40.1 Å². The number of rotatable bonds is 3. The number of aromatic nitrogens is 2. The fourth-order valence-corrected chi connectivity index (χ4v) is 2.48. The second-order valence-corrected chi connectivity index (χ2v) is 4.75. The topological polar surface area (TPSA) is 77.6 Å². The van der Waals surface area contributed by atoms with Gasteiger partial charge in [0.25, 0.3) is 0 Å². The van der Waals surface area contributed by atoms with Gasteiger partial charge < -0.3 is 14.1 Å². The highest BCUT2D eigenvalue weighted by molar-refractivity contribution is 8.00. The number of fused-ring (bicyclic) bond motifs is 1. The van der Waals surface area contributed by atoms with Gasteiger partial charge in [0.1, 0.15) is 0 Å². The lowest BCUT2D eigenvalue weighted by Crippen LogP contribution is -1.88. The molecule has 5 nitrogen and oxygen atoms in total. The standard InChI is InChI=1S/C13H10N4OS/c1-8-16-7-12(18-8)19-17-11-3-2-9(6-14)10-4-5-15-13(10)11/h2-5,7,15,17H,1H3. The number of H-pyrrole nitrogens is 1. The third-order valence-corrected chi connectivity index (χ3v) is 3.42. The molecule has 3 aromatic rings. The summed E-state index contributed by atoms with van der Waals surface area (Å²) < 4.78 is 8.57. The highest BCUT2D eigenvalue weighted by Crippen LogP contribution is 2.29. The average Bonchev–Trinajstić information content (AvgIpc) is 3.05. The molecule has 2 aromatic heterocycles. The van der Waals surface area contributed by atoms with E-state index >= 15 is 0 Å². The van der Waals surface area contributed by atoms with Crippen molar-refractivity contribution < 1.29 is 4.42 Å². The number of hydrogen-bond donors (Lipinski definition) is 2. The molecule has 0 radical (unpaired) electrons. The maximum Gasteiger partial charge on any atom is 0.201 e. The Morgan fingerprint density at radius 1 is 1.42 bits per heavy atom. The van der Waals surface area contributed by atoms with E-state index in [2.05, 4.69) is 20.8 Å². The first-order valence-electron chi connectivity index (χ1n) is 5.63. The van der Waals surface area contributed by atoms with E-state index in [0.717, 1.165) is 16.6 Å². The number of hydrogen-bond acceptors (Lipinski definition) is 5. The van der Waals surface area contributed by atoms with Crippen LogP contribution in [0.25, 0.3) is 10.9 Å². The molecule has 0 aliphatic rings. The van der Waals surface area contributed by atoms with Crippen molar-refractivity contribution >= 4 is 28.5 Å². The number of anilines is 1. The minimum atomic E-state index is 0.633. The Kier molecular flexibility index (Phi) is 2.89. The van der Waals surface area contributed by atoms with Crippen molar-refractivity contribution in [3.63, 3.8) is 0 Å². The van der Waals surface area contributed by atoms with Gasteiger partial charge in [-0.05, 0) is 18.2 Å². The fourth-order valence-electron chi connectivity index (χ4n) is 1.83. The van der Waals surface area contributed by atoms with Gasteiger partial charge in [0.15, 0.2) is 5.89 Å². The number of oxazole rings is 1. The summed E-state index contributed by atoms with van der Waals surface area (Å²) in [5.74, 6) is 0.633. The number of benzene rings is 1. The molecule has 0 aliphatic heterocycles. The number of nitriles is 1. The van der Waals surface area contributed by atoms with E-state index in [1.54, 1.807) is 19.2 Å². The summed E-state index contributed by atoms with van der Waals surface area (Å²) in [5, 5.41) is 10.6. The molecule has 19 heavy (non-hydrogen) atoms. The molecule has 2 N–H and O–H groups in total. The first kappa shape index (κ1) is 11.7. The molecule has 0 unspecified atom stereocenters. The molecular formula is C13H10N4OS. The smallest absolute Gasteiger partial charge is 0.201 e. The zero-order valence-electron chi connectivity index (χ0n) is 10.1. The lowest BCUT2D eigenvalue weighted by molar-refractivity contribution is 0.442. The molecule has 0 saturated heterocycles. The van der Waals surface area contributed by atoms with Gasteiger partial charge in [0.2, 0.25) is 5.09 Å². The van der Waals surface area contributed by atoms with E-state index in [0.29, 0.717) is 16.5 Å². The number of nitrogens with one attached hydrogen (secondary N) is 2. The molecule has 1 aromatic carbocycles. The monoisotopic (exact) mass is 270 g/mol. The molecule has 6 heteroatoms. The molecule has 0 fully saturated rings. The molecule has 0 atom stereocenters. The van der Waals surface area contributed by atoms with E-state index in [-0.39, 0.29) is 0 Å². The average molecular weight is 270 g/mol. The second-order valence-electron chi connectivity index (χ2n) is 3.94. The molecule has 2 heterocycles. The maximum absolute atomic E-state index is 9.04. The summed E-state index contributed by atoms with van der Waals surface area (Å²) >= 11 is 1.34. The zero-order valence-corrected chi connectivity index (χ0v) is 10.9. The van der Waals surface area contributed by atoms with Crippen molar-refractivity contribution in [2.75, 3.05) is 4.72 Å². The quantitative estimate of drug-likeness (QED) is 0.713. The fraction of sp³-hybridized carbons (Fsp3) is 0.0769. The Balaban J connectivity index is 1.89. The van der Waals surface area contributed by atoms with Gasteiger partial charge in [-0.25, -0.2) is 4.98 Å². The number of nitrogens with zero attached hydrogens (tertiary/aromatic N) is 2. The van der Waals surface area contributed by atoms with Gasteiger partial charge in [0.05, 0.1) is 29.0 Å². The van der Waals surface area contributed by atoms with Gasteiger partial charge >= 0.3 is 0 Å². The number of aromatic amines is 1. The van der Waals surface area contributed by atoms with Gasteiger partial charge in [-0.3, -0.25) is 0 Å². The minimum Gasteiger partial charge on any atom is -0.433 e. The van der Waals surface area contributed by atoms with Gasteiger partial charge in [-0.15, -0.1) is 0 Å². The van der Waals surface area contributed by atoms with Gasteiger partial charge in [-0.2, -0.15) is 5.26 Å². The van der Waals surface area contributed by atoms with Crippen LogP contribution < -0.4 is 4.72 Å². The highest BCUT2D eigenvalue weighted by atomic mass is 32.2. The normalized spacial score (nSPS) is 10.5. The Labute approximate surface area is 113 Å². The highest BCUT2D eigenvalue weighted by Gasteiger charge is 2.08. The number of aryl methyl sites for hydroxylation is 1. The Morgan fingerprint density at radius 3 is 3.05 bits per heavy atom. The van der Waals surface area contributed by atoms with Crippen molar-refractivity contribution in [1.82, 2.24) is 9.97 Å². The van der Waals surface area contributed by atoms with E-state index in [1.165, 1.54) is 11.9 Å². The van der Waals surface area contributed by atoms with Gasteiger partial charge in [0, 0.05) is 30.5 Å². The first-order chi connectivity index (χ1) is 9.28. The molecule has 0 spiro atoms. The summed E-state index contributed by atoms with van der Waals surface area (Å²) in [6.07, 6.45) is 3.49. The van der Waals surface area contributed by atoms with Crippen molar-refractivity contribution in [1.29, 1.82) is 5.26 Å². The lowest BCUT2D eigenvalue weighted by Gasteiger charge is -2.05. The van der Waals surface area contributed by atoms with E-state index in [9.17, 15) is 0 Å². The SMILES string of the molecule is Cc1ncc(SNc2ccc(C#N)c3cc[nH]c23)o1. The Morgan fingerprint density at radius 2 is 2.32 bits per heavy atom. The molecule has 0 aliphatic carbocycles. The van der Waals surface area contributed by atoms with E-state index < -0.39 is 0 Å². The Hall–Kier alpha value is -2.39. The van der Waals surface area contributed by atoms with E-state index in [4.69, 9.17) is 9.68 Å². The van der Waals surface area contributed by atoms with Crippen LogP contribution in [0.1, 0.15) is 11.5 Å². The summed E-state index contributed by atoms with van der Waals surface area (Å²) in [6, 6.07) is 7.73. The Bertz CT molecular complexity index is 768. The van der Waals surface area contributed by atoms with Crippen LogP contribution in [0.3, 0.4) is 0 Å². The molecule has 0 bridgehead atoms. The lowest BCUT2D eigenvalue weighted by atomic mass is 10.1. The van der Waals surface area contributed by atoms with Gasteiger partial charge in [-0.1, -0.05) is 0 Å².